The molecule has 0 spiro atoms. The Bertz CT molecular complexity index is 995. The van der Waals surface area contributed by atoms with E-state index in [0.29, 0.717) is 17.7 Å². The van der Waals surface area contributed by atoms with Crippen molar-refractivity contribution in [3.05, 3.63) is 59.6 Å². The Morgan fingerprint density at radius 3 is 3.04 bits per heavy atom. The fourth-order valence-electron chi connectivity index (χ4n) is 3.99. The van der Waals surface area contributed by atoms with Gasteiger partial charge in [0.15, 0.2) is 0 Å². The van der Waals surface area contributed by atoms with Crippen LogP contribution in [0.5, 0.6) is 0 Å². The zero-order chi connectivity index (χ0) is 18.9. The van der Waals surface area contributed by atoms with Crippen molar-refractivity contribution in [2.24, 2.45) is 0 Å². The number of benzene rings is 1. The molecule has 1 aliphatic carbocycles. The van der Waals surface area contributed by atoms with Gasteiger partial charge in [0.1, 0.15) is 0 Å². The first-order valence-corrected chi connectivity index (χ1v) is 10.1. The van der Waals surface area contributed by atoms with Gasteiger partial charge in [-0.25, -0.2) is 0 Å². The Balaban J connectivity index is 1.25. The fraction of sp³-hybridized carbons (Fsp3) is 0.409. The van der Waals surface area contributed by atoms with E-state index in [1.807, 2.05) is 18.3 Å². The van der Waals surface area contributed by atoms with Crippen LogP contribution in [0.25, 0.3) is 10.9 Å². The quantitative estimate of drug-likeness (QED) is 0.738. The summed E-state index contributed by atoms with van der Waals surface area (Å²) in [5.74, 6) is 0.502. The molecule has 1 saturated heterocycles. The third-order valence-electron chi connectivity index (χ3n) is 5.66. The molecule has 2 fully saturated rings. The Kier molecular flexibility index (Phi) is 4.56. The summed E-state index contributed by atoms with van der Waals surface area (Å²) in [6.45, 7) is 2.92. The average Bonchev–Trinajstić information content (AvgIpc) is 3.39. The van der Waals surface area contributed by atoms with Crippen LogP contribution < -0.4 is 5.32 Å². The Labute approximate surface area is 163 Å². The van der Waals surface area contributed by atoms with E-state index in [0.717, 1.165) is 56.5 Å². The molecule has 144 valence electrons. The van der Waals surface area contributed by atoms with Gasteiger partial charge in [0.2, 0.25) is 5.76 Å². The molecule has 1 N–H and O–H groups in total. The van der Waals surface area contributed by atoms with Gasteiger partial charge in [0.05, 0.1) is 11.2 Å². The predicted molar refractivity (Wildman–Crippen MR) is 106 cm³/mol. The van der Waals surface area contributed by atoms with E-state index in [1.165, 1.54) is 10.9 Å². The molecule has 5 rings (SSSR count). The van der Waals surface area contributed by atoms with E-state index in [9.17, 15) is 4.79 Å². The summed E-state index contributed by atoms with van der Waals surface area (Å²) >= 11 is 0. The van der Waals surface area contributed by atoms with Gasteiger partial charge in [-0.05, 0) is 56.0 Å². The number of hydrogen-bond acceptors (Lipinski definition) is 5. The third-order valence-corrected chi connectivity index (χ3v) is 5.66. The van der Waals surface area contributed by atoms with Crippen LogP contribution >= 0.6 is 0 Å². The highest BCUT2D eigenvalue weighted by Gasteiger charge is 2.28. The van der Waals surface area contributed by atoms with Crippen molar-refractivity contribution in [3.63, 3.8) is 0 Å². The maximum Gasteiger partial charge on any atom is 0.290 e. The average molecular weight is 376 g/mol. The zero-order valence-electron chi connectivity index (χ0n) is 15.8. The van der Waals surface area contributed by atoms with Gasteiger partial charge in [-0.3, -0.25) is 14.7 Å². The van der Waals surface area contributed by atoms with E-state index >= 15 is 0 Å². The van der Waals surface area contributed by atoms with E-state index in [1.54, 1.807) is 0 Å². The number of piperidine rings is 1. The Morgan fingerprint density at radius 2 is 2.14 bits per heavy atom. The first-order valence-electron chi connectivity index (χ1n) is 10.1. The molecular weight excluding hydrogens is 352 g/mol. The molecule has 1 unspecified atom stereocenters. The molecule has 6 heteroatoms. The molecule has 3 aromatic rings. The van der Waals surface area contributed by atoms with Crippen LogP contribution in [-0.4, -0.2) is 40.1 Å². The highest BCUT2D eigenvalue weighted by Crippen LogP contribution is 2.28. The van der Waals surface area contributed by atoms with Gasteiger partial charge in [-0.15, -0.1) is 0 Å². The summed E-state index contributed by atoms with van der Waals surface area (Å²) in [5, 5.41) is 8.33. The largest absolute Gasteiger partial charge is 0.351 e. The number of nitrogens with zero attached hydrogens (tertiary/aromatic N) is 3. The van der Waals surface area contributed by atoms with Crippen molar-refractivity contribution in [3.8, 4) is 0 Å². The van der Waals surface area contributed by atoms with Crippen molar-refractivity contribution < 1.29 is 9.32 Å². The molecule has 0 bridgehead atoms. The number of fused-ring (bicyclic) bond motifs is 1. The number of pyridine rings is 1. The number of carbonyl (C=O) groups is 1. The second-order valence-electron chi connectivity index (χ2n) is 7.97. The number of nitrogens with one attached hydrogen (secondary N) is 1. The highest BCUT2D eigenvalue weighted by atomic mass is 16.5. The molecule has 1 aromatic carbocycles. The molecule has 6 nitrogen and oxygen atoms in total. The fourth-order valence-corrected chi connectivity index (χ4v) is 3.99. The lowest BCUT2D eigenvalue weighted by Gasteiger charge is -2.31. The molecule has 1 aliphatic heterocycles. The monoisotopic (exact) mass is 376 g/mol. The molecule has 0 radical (unpaired) electrons. The SMILES string of the molecule is O=C(NC1CC1)c1cc(C2CCCN(Cc3ccc4ncccc4c3)C2)no1. The number of rotatable bonds is 5. The van der Waals surface area contributed by atoms with Crippen LogP contribution in [0.15, 0.2) is 47.1 Å². The molecule has 2 aromatic heterocycles. The number of carbonyl (C=O) groups excluding carboxylic acids is 1. The van der Waals surface area contributed by atoms with Crippen LogP contribution in [0.2, 0.25) is 0 Å². The lowest BCUT2D eigenvalue weighted by Crippen LogP contribution is -2.34. The maximum atomic E-state index is 12.1. The second kappa shape index (κ2) is 7.36. The zero-order valence-corrected chi connectivity index (χ0v) is 15.8. The molecule has 1 amide bonds. The van der Waals surface area contributed by atoms with Crippen molar-refractivity contribution in [1.29, 1.82) is 0 Å². The third kappa shape index (κ3) is 3.78. The van der Waals surface area contributed by atoms with Gasteiger partial charge in [-0.2, -0.15) is 0 Å². The summed E-state index contributed by atoms with van der Waals surface area (Å²) in [6, 6.07) is 12.7. The van der Waals surface area contributed by atoms with E-state index < -0.39 is 0 Å². The first kappa shape index (κ1) is 17.4. The normalized spacial score (nSPS) is 20.4. The summed E-state index contributed by atoms with van der Waals surface area (Å²) < 4.78 is 5.32. The van der Waals surface area contributed by atoms with Crippen LogP contribution in [0, 0.1) is 0 Å². The van der Waals surface area contributed by atoms with Crippen LogP contribution in [0.3, 0.4) is 0 Å². The summed E-state index contributed by atoms with van der Waals surface area (Å²) in [5.41, 5.74) is 3.22. The maximum absolute atomic E-state index is 12.1. The van der Waals surface area contributed by atoms with Gasteiger partial charge >= 0.3 is 0 Å². The lowest BCUT2D eigenvalue weighted by atomic mass is 9.94. The van der Waals surface area contributed by atoms with Crippen LogP contribution in [-0.2, 0) is 6.54 Å². The minimum Gasteiger partial charge on any atom is -0.351 e. The van der Waals surface area contributed by atoms with Gasteiger partial charge < -0.3 is 9.84 Å². The summed E-state index contributed by atoms with van der Waals surface area (Å²) in [7, 11) is 0. The van der Waals surface area contributed by atoms with Crippen molar-refractivity contribution in [1.82, 2.24) is 20.4 Å². The minimum absolute atomic E-state index is 0.140. The van der Waals surface area contributed by atoms with Gasteiger partial charge in [-0.1, -0.05) is 17.3 Å². The van der Waals surface area contributed by atoms with Crippen molar-refractivity contribution in [2.45, 2.75) is 44.2 Å². The van der Waals surface area contributed by atoms with Crippen LogP contribution in [0.1, 0.15) is 53.4 Å². The standard InChI is InChI=1S/C22H24N4O2/c27-22(24-18-6-7-18)21-12-20(25-28-21)17-4-2-10-26(14-17)13-15-5-8-19-16(11-15)3-1-9-23-19/h1,3,5,8-9,11-12,17-18H,2,4,6-7,10,13-14H2,(H,24,27). The number of amides is 1. The lowest BCUT2D eigenvalue weighted by molar-refractivity contribution is 0.0914. The van der Waals surface area contributed by atoms with E-state index in [4.69, 9.17) is 4.52 Å². The summed E-state index contributed by atoms with van der Waals surface area (Å²) in [6.07, 6.45) is 6.16. The Hall–Kier alpha value is -2.73. The van der Waals surface area contributed by atoms with Crippen molar-refractivity contribution >= 4 is 16.8 Å². The molecular formula is C22H24N4O2. The predicted octanol–water partition coefficient (Wildman–Crippen LogP) is 3.49. The van der Waals surface area contributed by atoms with Gasteiger partial charge in [0.25, 0.3) is 5.91 Å². The number of hydrogen-bond donors (Lipinski definition) is 1. The minimum atomic E-state index is -0.140. The smallest absolute Gasteiger partial charge is 0.290 e. The number of aromatic nitrogens is 2. The van der Waals surface area contributed by atoms with Gasteiger partial charge in [0, 0.05) is 42.7 Å². The molecule has 3 heterocycles. The highest BCUT2D eigenvalue weighted by molar-refractivity contribution is 5.91. The molecule has 1 saturated carbocycles. The second-order valence-corrected chi connectivity index (χ2v) is 7.97. The van der Waals surface area contributed by atoms with Crippen molar-refractivity contribution in [2.75, 3.05) is 13.1 Å². The first-order chi connectivity index (χ1) is 13.7. The molecule has 1 atom stereocenters. The summed E-state index contributed by atoms with van der Waals surface area (Å²) in [4.78, 5) is 19.0. The Morgan fingerprint density at radius 1 is 1.21 bits per heavy atom. The van der Waals surface area contributed by atoms with Crippen LogP contribution in [0.4, 0.5) is 0 Å². The van der Waals surface area contributed by atoms with E-state index in [-0.39, 0.29) is 5.91 Å². The topological polar surface area (TPSA) is 71.3 Å². The molecule has 2 aliphatic rings. The van der Waals surface area contributed by atoms with E-state index in [2.05, 4.69) is 44.6 Å². The molecule has 28 heavy (non-hydrogen) atoms. The number of likely N-dealkylation sites (tertiary alicyclic amines) is 1.